The fourth-order valence-corrected chi connectivity index (χ4v) is 1.49. The number of ether oxygens (including phenoxy) is 2. The highest BCUT2D eigenvalue weighted by molar-refractivity contribution is 5.81. The Balaban J connectivity index is 0. The molecule has 0 aliphatic rings. The van der Waals surface area contributed by atoms with Gasteiger partial charge in [0.2, 0.25) is 0 Å². The van der Waals surface area contributed by atoms with Crippen LogP contribution in [-0.4, -0.2) is 24.6 Å². The van der Waals surface area contributed by atoms with Gasteiger partial charge in [-0.2, -0.15) is 0 Å². The lowest BCUT2D eigenvalue weighted by atomic mass is 10.1. The van der Waals surface area contributed by atoms with Gasteiger partial charge in [-0.3, -0.25) is 0 Å². The highest BCUT2D eigenvalue weighted by Gasteiger charge is 2.09. The van der Waals surface area contributed by atoms with E-state index >= 15 is 0 Å². The van der Waals surface area contributed by atoms with Gasteiger partial charge in [0.1, 0.15) is 6.10 Å². The molecule has 4 heteroatoms. The summed E-state index contributed by atoms with van der Waals surface area (Å²) in [6.07, 6.45) is 7.89. The summed E-state index contributed by atoms with van der Waals surface area (Å²) in [4.78, 5) is 21.2. The first-order chi connectivity index (χ1) is 10.4. The topological polar surface area (TPSA) is 52.6 Å². The van der Waals surface area contributed by atoms with E-state index in [0.717, 1.165) is 19.3 Å². The number of hydrogen-bond acceptors (Lipinski definition) is 4. The zero-order valence-corrected chi connectivity index (χ0v) is 14.6. The molecule has 128 valence electrons. The van der Waals surface area contributed by atoms with E-state index in [-0.39, 0.29) is 18.0 Å². The molecule has 0 aromatic heterocycles. The Kier molecular flexibility index (Phi) is 16.3. The highest BCUT2D eigenvalue weighted by atomic mass is 16.5. The van der Waals surface area contributed by atoms with Crippen molar-refractivity contribution in [1.82, 2.24) is 0 Å². The first kappa shape index (κ1) is 22.7. The lowest BCUT2D eigenvalue weighted by Gasteiger charge is -2.14. The lowest BCUT2D eigenvalue weighted by Crippen LogP contribution is -2.15. The molecule has 0 heterocycles. The molecule has 0 aromatic carbocycles. The SMILES string of the molecule is C=CC(=O)OC(CC)CCCCC.C=CC(=O)OCC(C)C. The van der Waals surface area contributed by atoms with Gasteiger partial charge in [-0.1, -0.05) is 53.7 Å². The minimum absolute atomic E-state index is 0.0806. The molecular formula is C18H32O4. The van der Waals surface area contributed by atoms with E-state index < -0.39 is 0 Å². The Morgan fingerprint density at radius 1 is 1.05 bits per heavy atom. The van der Waals surface area contributed by atoms with Crippen LogP contribution in [0.4, 0.5) is 0 Å². The first-order valence-corrected chi connectivity index (χ1v) is 8.03. The van der Waals surface area contributed by atoms with Gasteiger partial charge in [-0.15, -0.1) is 0 Å². The fourth-order valence-electron chi connectivity index (χ4n) is 1.49. The van der Waals surface area contributed by atoms with Crippen LogP contribution in [0.2, 0.25) is 0 Å². The molecule has 4 nitrogen and oxygen atoms in total. The number of rotatable bonds is 10. The summed E-state index contributed by atoms with van der Waals surface area (Å²) in [6.45, 7) is 15.3. The summed E-state index contributed by atoms with van der Waals surface area (Å²) in [5.74, 6) is -0.249. The molecule has 1 unspecified atom stereocenters. The predicted octanol–water partition coefficient (Wildman–Crippen LogP) is 4.45. The van der Waals surface area contributed by atoms with Crippen LogP contribution in [0.3, 0.4) is 0 Å². The Labute approximate surface area is 135 Å². The van der Waals surface area contributed by atoms with E-state index in [1.807, 2.05) is 20.8 Å². The molecule has 0 bridgehead atoms. The Hall–Kier alpha value is -1.58. The summed E-state index contributed by atoms with van der Waals surface area (Å²) in [7, 11) is 0. The van der Waals surface area contributed by atoms with Gasteiger partial charge in [0, 0.05) is 12.2 Å². The number of esters is 2. The second-order valence-corrected chi connectivity index (χ2v) is 5.40. The maximum absolute atomic E-state index is 10.9. The molecule has 0 aromatic rings. The summed E-state index contributed by atoms with van der Waals surface area (Å²) in [6, 6.07) is 0. The molecule has 0 aliphatic heterocycles. The van der Waals surface area contributed by atoms with Gasteiger partial charge in [0.15, 0.2) is 0 Å². The molecule has 0 rings (SSSR count). The van der Waals surface area contributed by atoms with E-state index in [0.29, 0.717) is 12.5 Å². The van der Waals surface area contributed by atoms with Gasteiger partial charge in [0.05, 0.1) is 6.61 Å². The zero-order chi connectivity index (χ0) is 17.4. The van der Waals surface area contributed by atoms with Crippen LogP contribution in [0, 0.1) is 5.92 Å². The first-order valence-electron chi connectivity index (χ1n) is 8.03. The van der Waals surface area contributed by atoms with E-state index in [1.165, 1.54) is 25.0 Å². The van der Waals surface area contributed by atoms with E-state index in [9.17, 15) is 9.59 Å². The van der Waals surface area contributed by atoms with Crippen molar-refractivity contribution in [3.05, 3.63) is 25.3 Å². The number of unbranched alkanes of at least 4 members (excludes halogenated alkanes) is 2. The quantitative estimate of drug-likeness (QED) is 0.340. The second kappa shape index (κ2) is 15.8. The Morgan fingerprint density at radius 3 is 2.05 bits per heavy atom. The Morgan fingerprint density at radius 2 is 1.64 bits per heavy atom. The van der Waals surface area contributed by atoms with Crippen molar-refractivity contribution >= 4 is 11.9 Å². The highest BCUT2D eigenvalue weighted by Crippen LogP contribution is 2.10. The second-order valence-electron chi connectivity index (χ2n) is 5.40. The third-order valence-electron chi connectivity index (χ3n) is 2.76. The van der Waals surface area contributed by atoms with E-state index in [1.54, 1.807) is 0 Å². The van der Waals surface area contributed by atoms with E-state index in [4.69, 9.17) is 9.47 Å². The molecule has 0 radical (unpaired) electrons. The Bertz CT molecular complexity index is 321. The fraction of sp³-hybridized carbons (Fsp3) is 0.667. The summed E-state index contributed by atoms with van der Waals surface area (Å²) >= 11 is 0. The van der Waals surface area contributed by atoms with Gasteiger partial charge >= 0.3 is 11.9 Å². The summed E-state index contributed by atoms with van der Waals surface area (Å²) in [5, 5.41) is 0. The average molecular weight is 312 g/mol. The normalized spacial score (nSPS) is 11.0. The van der Waals surface area contributed by atoms with Gasteiger partial charge < -0.3 is 9.47 Å². The molecule has 0 amide bonds. The predicted molar refractivity (Wildman–Crippen MR) is 90.5 cm³/mol. The van der Waals surface area contributed by atoms with Crippen LogP contribution in [0.15, 0.2) is 25.3 Å². The number of carbonyl (C=O) groups excluding carboxylic acids is 2. The molecule has 0 spiro atoms. The van der Waals surface area contributed by atoms with Crippen LogP contribution in [0.5, 0.6) is 0 Å². The maximum Gasteiger partial charge on any atom is 0.330 e. The molecular weight excluding hydrogens is 280 g/mol. The van der Waals surface area contributed by atoms with Crippen LogP contribution in [0.25, 0.3) is 0 Å². The zero-order valence-electron chi connectivity index (χ0n) is 14.6. The summed E-state index contributed by atoms with van der Waals surface area (Å²) in [5.41, 5.74) is 0. The lowest BCUT2D eigenvalue weighted by molar-refractivity contribution is -0.143. The molecule has 22 heavy (non-hydrogen) atoms. The van der Waals surface area contributed by atoms with Crippen molar-refractivity contribution in [1.29, 1.82) is 0 Å². The molecule has 0 saturated carbocycles. The van der Waals surface area contributed by atoms with Crippen LogP contribution in [-0.2, 0) is 19.1 Å². The average Bonchev–Trinajstić information content (AvgIpc) is 2.51. The minimum Gasteiger partial charge on any atom is -0.462 e. The van der Waals surface area contributed by atoms with Gasteiger partial charge in [0.25, 0.3) is 0 Å². The van der Waals surface area contributed by atoms with Crippen molar-refractivity contribution in [2.45, 2.75) is 65.9 Å². The third kappa shape index (κ3) is 16.5. The standard InChI is InChI=1S/C11H20O2.C7H12O2/c1-4-7-8-9-10(5-2)13-11(12)6-3;1-4-7(8)9-5-6(2)3/h6,10H,3-5,7-9H2,1-2H3;4,6H,1,5H2,2-3H3. The van der Waals surface area contributed by atoms with Crippen molar-refractivity contribution in [2.75, 3.05) is 6.61 Å². The van der Waals surface area contributed by atoms with Crippen molar-refractivity contribution < 1.29 is 19.1 Å². The van der Waals surface area contributed by atoms with Crippen LogP contribution < -0.4 is 0 Å². The third-order valence-corrected chi connectivity index (χ3v) is 2.76. The monoisotopic (exact) mass is 312 g/mol. The number of hydrogen-bond donors (Lipinski definition) is 0. The van der Waals surface area contributed by atoms with E-state index in [2.05, 4.69) is 20.1 Å². The van der Waals surface area contributed by atoms with Gasteiger partial charge in [-0.05, 0) is 25.2 Å². The number of carbonyl (C=O) groups is 2. The summed E-state index contributed by atoms with van der Waals surface area (Å²) < 4.78 is 9.83. The molecule has 0 N–H and O–H groups in total. The molecule has 0 fully saturated rings. The van der Waals surface area contributed by atoms with Crippen LogP contribution >= 0.6 is 0 Å². The molecule has 0 saturated heterocycles. The van der Waals surface area contributed by atoms with Crippen molar-refractivity contribution in [2.24, 2.45) is 5.92 Å². The largest absolute Gasteiger partial charge is 0.462 e. The minimum atomic E-state index is -0.344. The molecule has 0 aliphatic carbocycles. The molecule has 1 atom stereocenters. The van der Waals surface area contributed by atoms with Crippen LogP contribution in [0.1, 0.15) is 59.8 Å². The maximum atomic E-state index is 10.9. The van der Waals surface area contributed by atoms with Crippen molar-refractivity contribution in [3.8, 4) is 0 Å². The van der Waals surface area contributed by atoms with Crippen molar-refractivity contribution in [3.63, 3.8) is 0 Å². The van der Waals surface area contributed by atoms with Gasteiger partial charge in [-0.25, -0.2) is 9.59 Å². The smallest absolute Gasteiger partial charge is 0.330 e.